The van der Waals surface area contributed by atoms with Gasteiger partial charge >= 0.3 is 0 Å². The lowest BCUT2D eigenvalue weighted by Gasteiger charge is -1.94. The van der Waals surface area contributed by atoms with Crippen molar-refractivity contribution in [3.63, 3.8) is 0 Å². The Morgan fingerprint density at radius 1 is 1.14 bits per heavy atom. The van der Waals surface area contributed by atoms with E-state index < -0.39 is 9.05 Å². The largest absolute Gasteiger partial charge is 0.261 e. The zero-order valence-corrected chi connectivity index (χ0v) is 10.5. The Kier molecular flexibility index (Phi) is 6.53. The summed E-state index contributed by atoms with van der Waals surface area (Å²) in [5, 5.41) is 0.194. The normalized spacial score (nSPS) is 10.3. The van der Waals surface area contributed by atoms with E-state index in [1.54, 1.807) is 12.1 Å². The summed E-state index contributed by atoms with van der Waals surface area (Å²) >= 11 is 9.53. The first-order valence-electron chi connectivity index (χ1n) is 3.55. The third-order valence-corrected chi connectivity index (χ3v) is 2.67. The van der Waals surface area contributed by atoms with Crippen molar-refractivity contribution in [1.29, 1.82) is 0 Å². The van der Waals surface area contributed by atoms with E-state index in [1.165, 1.54) is 12.1 Å². The van der Waals surface area contributed by atoms with Crippen LogP contribution < -0.4 is 0 Å². The van der Waals surface area contributed by atoms with Crippen LogP contribution in [0.25, 0.3) is 0 Å². The molecule has 0 heterocycles. The van der Waals surface area contributed by atoms with E-state index >= 15 is 0 Å². The van der Waals surface area contributed by atoms with Gasteiger partial charge in [-0.15, -0.1) is 23.2 Å². The molecule has 0 spiro atoms. The first-order chi connectivity index (χ1) is 6.41. The third-order valence-electron chi connectivity index (χ3n) is 1.30. The van der Waals surface area contributed by atoms with Crippen LogP contribution in [-0.2, 0) is 9.05 Å². The van der Waals surface area contributed by atoms with Gasteiger partial charge in [0.15, 0.2) is 0 Å². The minimum absolute atomic E-state index is 0.143. The predicted octanol–water partition coefficient (Wildman–Crippen LogP) is 3.34. The number of benzene rings is 1. The highest BCUT2D eigenvalue weighted by Crippen LogP contribution is 2.14. The molecular weight excluding hydrogens is 267 g/mol. The average Bonchev–Trinajstić information content (AvgIpc) is 2.04. The summed E-state index contributed by atoms with van der Waals surface area (Å²) in [6.07, 6.45) is 0. The first kappa shape index (κ1) is 14.0. The van der Waals surface area contributed by atoms with E-state index in [4.69, 9.17) is 33.9 Å². The van der Waals surface area contributed by atoms with Gasteiger partial charge in [0.25, 0.3) is 9.05 Å². The maximum atomic E-state index is 10.7. The first-order valence-corrected chi connectivity index (χ1v) is 6.93. The van der Waals surface area contributed by atoms with Gasteiger partial charge in [-0.25, -0.2) is 8.42 Å². The smallest absolute Gasteiger partial charge is 0.207 e. The second-order valence-electron chi connectivity index (χ2n) is 2.35. The molecule has 0 aromatic heterocycles. The van der Waals surface area contributed by atoms with E-state index in [1.807, 2.05) is 6.92 Å². The Bertz CT molecular complexity index is 359. The zero-order valence-electron chi connectivity index (χ0n) is 7.38. The van der Waals surface area contributed by atoms with Crippen LogP contribution in [0.1, 0.15) is 5.56 Å². The van der Waals surface area contributed by atoms with Crippen LogP contribution in [0, 0.1) is 6.92 Å². The summed E-state index contributed by atoms with van der Waals surface area (Å²) in [6, 6.07) is 6.37. The number of hydrogen-bond donors (Lipinski definition) is 0. The molecule has 1 rings (SSSR count). The van der Waals surface area contributed by atoms with Gasteiger partial charge in [-0.2, -0.15) is 0 Å². The minimum Gasteiger partial charge on any atom is -0.207 e. The van der Waals surface area contributed by atoms with Gasteiger partial charge in [0, 0.05) is 10.7 Å². The van der Waals surface area contributed by atoms with E-state index in [9.17, 15) is 8.42 Å². The molecule has 1 aromatic carbocycles. The quantitative estimate of drug-likeness (QED) is 0.582. The summed E-state index contributed by atoms with van der Waals surface area (Å²) < 4.78 is 21.4. The third kappa shape index (κ3) is 5.70. The van der Waals surface area contributed by atoms with Gasteiger partial charge in [0.2, 0.25) is 0 Å². The van der Waals surface area contributed by atoms with Crippen molar-refractivity contribution in [2.45, 2.75) is 11.8 Å². The fourth-order valence-electron chi connectivity index (χ4n) is 0.701. The summed E-state index contributed by atoms with van der Waals surface area (Å²) in [4.78, 5) is 0.143. The van der Waals surface area contributed by atoms with Crippen LogP contribution in [0.15, 0.2) is 29.2 Å². The summed E-state index contributed by atoms with van der Waals surface area (Å²) in [5.41, 5.74) is 1.01. The Morgan fingerprint density at radius 3 is 1.79 bits per heavy atom. The molecule has 0 amide bonds. The molecule has 2 nitrogen and oxygen atoms in total. The molecule has 0 saturated heterocycles. The van der Waals surface area contributed by atoms with Crippen LogP contribution in [0.2, 0.25) is 0 Å². The van der Waals surface area contributed by atoms with Crippen LogP contribution in [-0.4, -0.2) is 13.8 Å². The predicted molar refractivity (Wildman–Crippen MR) is 60.8 cm³/mol. The average molecular weight is 276 g/mol. The highest BCUT2D eigenvalue weighted by Gasteiger charge is 2.07. The lowest BCUT2D eigenvalue weighted by molar-refractivity contribution is 0.609. The van der Waals surface area contributed by atoms with Crippen molar-refractivity contribution in [2.24, 2.45) is 0 Å². The molecule has 0 atom stereocenters. The standard InChI is InChI=1S/C7H7ClO2S.CH2Cl2/c1-6-2-4-7(5-3-6)11(8,9)10;2-1-3/h2-5H,1H3;1H2. The molecule has 0 unspecified atom stereocenters. The van der Waals surface area contributed by atoms with Gasteiger partial charge in [-0.1, -0.05) is 17.7 Å². The molecule has 0 aliphatic heterocycles. The number of aryl methyl sites for hydroxylation is 1. The van der Waals surface area contributed by atoms with E-state index in [0.717, 1.165) is 5.56 Å². The molecule has 0 saturated carbocycles. The fraction of sp³-hybridized carbons (Fsp3) is 0.250. The van der Waals surface area contributed by atoms with Crippen LogP contribution in [0.4, 0.5) is 0 Å². The van der Waals surface area contributed by atoms with Crippen molar-refractivity contribution in [2.75, 3.05) is 5.34 Å². The van der Waals surface area contributed by atoms with Crippen LogP contribution in [0.5, 0.6) is 0 Å². The molecule has 0 N–H and O–H groups in total. The van der Waals surface area contributed by atoms with E-state index in [-0.39, 0.29) is 10.2 Å². The Labute approximate surface area is 98.2 Å². The molecule has 6 heteroatoms. The monoisotopic (exact) mass is 274 g/mol. The van der Waals surface area contributed by atoms with E-state index in [0.29, 0.717) is 0 Å². The van der Waals surface area contributed by atoms with Gasteiger partial charge in [0.05, 0.1) is 10.2 Å². The Balaban J connectivity index is 0.000000500. The molecule has 1 aromatic rings. The van der Waals surface area contributed by atoms with Gasteiger partial charge in [0.1, 0.15) is 0 Å². The highest BCUT2D eigenvalue weighted by molar-refractivity contribution is 8.13. The zero-order chi connectivity index (χ0) is 11.2. The number of rotatable bonds is 1. The summed E-state index contributed by atoms with van der Waals surface area (Å²) in [7, 11) is 1.54. The second-order valence-corrected chi connectivity index (χ2v) is 5.73. The highest BCUT2D eigenvalue weighted by atomic mass is 35.7. The van der Waals surface area contributed by atoms with Crippen molar-refractivity contribution in [3.8, 4) is 0 Å². The number of hydrogen-bond acceptors (Lipinski definition) is 2. The minimum atomic E-state index is -3.55. The molecule has 14 heavy (non-hydrogen) atoms. The molecule has 0 aliphatic rings. The van der Waals surface area contributed by atoms with Crippen molar-refractivity contribution in [3.05, 3.63) is 29.8 Å². The van der Waals surface area contributed by atoms with Gasteiger partial charge < -0.3 is 0 Å². The Hall–Kier alpha value is 0.0400. The SMILES string of the molecule is Cc1ccc(S(=O)(=O)Cl)cc1.ClCCl. The fourth-order valence-corrected chi connectivity index (χ4v) is 1.47. The topological polar surface area (TPSA) is 34.1 Å². The molecule has 0 aliphatic carbocycles. The molecule has 80 valence electrons. The van der Waals surface area contributed by atoms with Gasteiger partial charge in [-0.3, -0.25) is 0 Å². The van der Waals surface area contributed by atoms with Gasteiger partial charge in [-0.05, 0) is 19.1 Å². The molecular formula is C8H9Cl3O2S. The second kappa shape index (κ2) is 6.51. The Morgan fingerprint density at radius 2 is 1.50 bits per heavy atom. The maximum Gasteiger partial charge on any atom is 0.261 e. The van der Waals surface area contributed by atoms with E-state index in [2.05, 4.69) is 0 Å². The number of alkyl halides is 2. The lowest BCUT2D eigenvalue weighted by Crippen LogP contribution is -1.89. The summed E-state index contributed by atoms with van der Waals surface area (Å²) in [6.45, 7) is 1.88. The summed E-state index contributed by atoms with van der Waals surface area (Å²) in [5.74, 6) is 0. The maximum absolute atomic E-state index is 10.7. The molecule has 0 bridgehead atoms. The molecule has 0 radical (unpaired) electrons. The van der Waals surface area contributed by atoms with Crippen molar-refractivity contribution in [1.82, 2.24) is 0 Å². The number of halogens is 3. The lowest BCUT2D eigenvalue weighted by atomic mass is 10.2. The van der Waals surface area contributed by atoms with Crippen molar-refractivity contribution < 1.29 is 8.42 Å². The van der Waals surface area contributed by atoms with Crippen LogP contribution >= 0.6 is 33.9 Å². The van der Waals surface area contributed by atoms with Crippen molar-refractivity contribution >= 4 is 42.9 Å². The molecule has 0 fully saturated rings. The van der Waals surface area contributed by atoms with Crippen LogP contribution in [0.3, 0.4) is 0 Å².